The third-order valence-corrected chi connectivity index (χ3v) is 1.53. The lowest BCUT2D eigenvalue weighted by molar-refractivity contribution is 0.474. The summed E-state index contributed by atoms with van der Waals surface area (Å²) in [7, 11) is 0. The highest BCUT2D eigenvalue weighted by atomic mass is 16.4. The molecule has 0 amide bonds. The number of aryl methyl sites for hydroxylation is 1. The minimum Gasteiger partial charge on any atom is -0.428 e. The minimum absolute atomic E-state index is 0.549. The van der Waals surface area contributed by atoms with E-state index in [1.165, 1.54) is 6.39 Å². The molecule has 4 heteroatoms. The number of aromatic nitrogens is 2. The number of hydrogen-bond acceptors (Lipinski definition) is 4. The zero-order valence-electron chi connectivity index (χ0n) is 7.58. The first-order valence-electron chi connectivity index (χ1n) is 4.27. The quantitative estimate of drug-likeness (QED) is 0.668. The van der Waals surface area contributed by atoms with Gasteiger partial charge in [0, 0.05) is 12.5 Å². The summed E-state index contributed by atoms with van der Waals surface area (Å²) in [5.74, 6) is 0.723. The van der Waals surface area contributed by atoms with Crippen molar-refractivity contribution in [1.82, 2.24) is 15.5 Å². The third kappa shape index (κ3) is 3.48. The van der Waals surface area contributed by atoms with Gasteiger partial charge in [0.25, 0.3) is 0 Å². The summed E-state index contributed by atoms with van der Waals surface area (Å²) in [5.41, 5.74) is 0. The van der Waals surface area contributed by atoms with Crippen LogP contribution in [0.4, 0.5) is 0 Å². The van der Waals surface area contributed by atoms with Crippen LogP contribution < -0.4 is 5.32 Å². The van der Waals surface area contributed by atoms with E-state index in [4.69, 9.17) is 4.42 Å². The molecular weight excluding hydrogens is 154 g/mol. The Morgan fingerprint density at radius 2 is 2.42 bits per heavy atom. The van der Waals surface area contributed by atoms with Crippen LogP contribution in [0.3, 0.4) is 0 Å². The molecule has 12 heavy (non-hydrogen) atoms. The van der Waals surface area contributed by atoms with Crippen molar-refractivity contribution in [3.05, 3.63) is 12.3 Å². The molecule has 0 aromatic carbocycles. The van der Waals surface area contributed by atoms with Gasteiger partial charge in [-0.2, -0.15) is 0 Å². The van der Waals surface area contributed by atoms with Gasteiger partial charge in [-0.1, -0.05) is 13.8 Å². The molecule has 0 saturated heterocycles. The fourth-order valence-corrected chi connectivity index (χ4v) is 0.935. The topological polar surface area (TPSA) is 51.0 Å². The third-order valence-electron chi connectivity index (χ3n) is 1.53. The highest BCUT2D eigenvalue weighted by Gasteiger charge is 1.98. The largest absolute Gasteiger partial charge is 0.428 e. The molecule has 1 heterocycles. The van der Waals surface area contributed by atoms with Gasteiger partial charge >= 0.3 is 0 Å². The molecule has 0 aliphatic heterocycles. The van der Waals surface area contributed by atoms with E-state index in [9.17, 15) is 0 Å². The maximum Gasteiger partial charge on any atom is 0.216 e. The van der Waals surface area contributed by atoms with Crippen LogP contribution in [0.2, 0.25) is 0 Å². The Labute approximate surface area is 72.4 Å². The molecule has 0 unspecified atom stereocenters. The van der Waals surface area contributed by atoms with Crippen LogP contribution in [0.1, 0.15) is 26.2 Å². The number of nitrogens with one attached hydrogen (secondary N) is 1. The Morgan fingerprint density at radius 3 is 3.00 bits per heavy atom. The van der Waals surface area contributed by atoms with Gasteiger partial charge in [0.2, 0.25) is 12.3 Å². The second-order valence-corrected chi connectivity index (χ2v) is 3.04. The van der Waals surface area contributed by atoms with E-state index < -0.39 is 0 Å². The highest BCUT2D eigenvalue weighted by Crippen LogP contribution is 1.95. The molecule has 0 saturated carbocycles. The Kier molecular flexibility index (Phi) is 3.73. The normalized spacial score (nSPS) is 10.9. The van der Waals surface area contributed by atoms with Gasteiger partial charge in [-0.3, -0.25) is 0 Å². The number of rotatable bonds is 5. The fourth-order valence-electron chi connectivity index (χ4n) is 0.935. The lowest BCUT2D eigenvalue weighted by Gasteiger charge is -2.05. The smallest absolute Gasteiger partial charge is 0.216 e. The van der Waals surface area contributed by atoms with E-state index in [0.29, 0.717) is 6.04 Å². The maximum absolute atomic E-state index is 4.99. The summed E-state index contributed by atoms with van der Waals surface area (Å²) in [4.78, 5) is 0. The van der Waals surface area contributed by atoms with Crippen molar-refractivity contribution in [3.63, 3.8) is 0 Å². The van der Waals surface area contributed by atoms with Crippen LogP contribution in [-0.4, -0.2) is 22.8 Å². The molecule has 0 aliphatic carbocycles. The average Bonchev–Trinajstić information content (AvgIpc) is 2.49. The van der Waals surface area contributed by atoms with Crippen molar-refractivity contribution in [2.75, 3.05) is 6.54 Å². The van der Waals surface area contributed by atoms with Gasteiger partial charge in [-0.25, -0.2) is 0 Å². The molecule has 0 spiro atoms. The Hall–Kier alpha value is -0.900. The van der Waals surface area contributed by atoms with Crippen LogP contribution in [0.25, 0.3) is 0 Å². The zero-order chi connectivity index (χ0) is 8.81. The van der Waals surface area contributed by atoms with Crippen LogP contribution in [0.5, 0.6) is 0 Å². The first kappa shape index (κ1) is 9.19. The van der Waals surface area contributed by atoms with Gasteiger partial charge in [-0.05, 0) is 13.0 Å². The molecule has 0 radical (unpaired) electrons. The second kappa shape index (κ2) is 4.87. The van der Waals surface area contributed by atoms with Gasteiger partial charge in [-0.15, -0.1) is 10.2 Å². The summed E-state index contributed by atoms with van der Waals surface area (Å²) in [6, 6.07) is 0.549. The first-order chi connectivity index (χ1) is 5.79. The predicted octanol–water partition coefficient (Wildman–Crippen LogP) is 1.00. The predicted molar refractivity (Wildman–Crippen MR) is 45.8 cm³/mol. The van der Waals surface area contributed by atoms with Crippen molar-refractivity contribution in [2.45, 2.75) is 32.7 Å². The van der Waals surface area contributed by atoms with E-state index in [-0.39, 0.29) is 0 Å². The van der Waals surface area contributed by atoms with Crippen LogP contribution in [0, 0.1) is 0 Å². The van der Waals surface area contributed by atoms with Crippen molar-refractivity contribution < 1.29 is 4.42 Å². The first-order valence-corrected chi connectivity index (χ1v) is 4.27. The Balaban J connectivity index is 2.04. The van der Waals surface area contributed by atoms with Crippen LogP contribution in [0.15, 0.2) is 10.8 Å². The van der Waals surface area contributed by atoms with E-state index in [0.717, 1.165) is 25.3 Å². The number of hydrogen-bond donors (Lipinski definition) is 1. The summed E-state index contributed by atoms with van der Waals surface area (Å²) in [6.07, 6.45) is 3.27. The van der Waals surface area contributed by atoms with Gasteiger partial charge < -0.3 is 9.73 Å². The van der Waals surface area contributed by atoms with Gasteiger partial charge in [0.1, 0.15) is 0 Å². The van der Waals surface area contributed by atoms with E-state index in [1.807, 2.05) is 0 Å². The average molecular weight is 169 g/mol. The number of nitrogens with zero attached hydrogens (tertiary/aromatic N) is 2. The van der Waals surface area contributed by atoms with Crippen molar-refractivity contribution >= 4 is 0 Å². The molecule has 0 bridgehead atoms. The molecule has 0 atom stereocenters. The Morgan fingerprint density at radius 1 is 1.58 bits per heavy atom. The van der Waals surface area contributed by atoms with Crippen molar-refractivity contribution in [1.29, 1.82) is 0 Å². The molecule has 4 nitrogen and oxygen atoms in total. The monoisotopic (exact) mass is 169 g/mol. The van der Waals surface area contributed by atoms with Crippen LogP contribution in [-0.2, 0) is 6.42 Å². The Bertz CT molecular complexity index is 196. The molecule has 68 valence electrons. The summed E-state index contributed by atoms with van der Waals surface area (Å²) in [6.45, 7) is 5.26. The van der Waals surface area contributed by atoms with Crippen LogP contribution >= 0.6 is 0 Å². The zero-order valence-corrected chi connectivity index (χ0v) is 7.58. The molecule has 0 fully saturated rings. The van der Waals surface area contributed by atoms with Crippen molar-refractivity contribution in [3.8, 4) is 0 Å². The fraction of sp³-hybridized carbons (Fsp3) is 0.750. The molecular formula is C8H15N3O. The summed E-state index contributed by atoms with van der Waals surface area (Å²) >= 11 is 0. The standard InChI is InChI=1S/C8H15N3O/c1-7(2)9-5-3-4-8-11-10-6-12-8/h6-7,9H,3-5H2,1-2H3. The lowest BCUT2D eigenvalue weighted by Crippen LogP contribution is -2.23. The SMILES string of the molecule is CC(C)NCCCc1nnco1. The lowest BCUT2D eigenvalue weighted by atomic mass is 10.3. The van der Waals surface area contributed by atoms with Gasteiger partial charge in [0.05, 0.1) is 0 Å². The minimum atomic E-state index is 0.549. The highest BCUT2D eigenvalue weighted by molar-refractivity contribution is 4.72. The molecule has 0 aliphatic rings. The van der Waals surface area contributed by atoms with Crippen molar-refractivity contribution in [2.24, 2.45) is 0 Å². The molecule has 1 aromatic heterocycles. The van der Waals surface area contributed by atoms with E-state index in [1.54, 1.807) is 0 Å². The molecule has 1 rings (SSSR count). The maximum atomic E-state index is 4.99. The molecule has 1 aromatic rings. The molecule has 1 N–H and O–H groups in total. The summed E-state index contributed by atoms with van der Waals surface area (Å²) in [5, 5.41) is 10.7. The van der Waals surface area contributed by atoms with E-state index >= 15 is 0 Å². The second-order valence-electron chi connectivity index (χ2n) is 3.04. The summed E-state index contributed by atoms with van der Waals surface area (Å²) < 4.78 is 4.99. The van der Waals surface area contributed by atoms with Gasteiger partial charge in [0.15, 0.2) is 0 Å². The van der Waals surface area contributed by atoms with E-state index in [2.05, 4.69) is 29.4 Å².